The first-order chi connectivity index (χ1) is 10.0. The molecular formula is C17H18O3S. The second-order valence-corrected chi connectivity index (χ2v) is 6.31. The Morgan fingerprint density at radius 3 is 2.48 bits per heavy atom. The molecule has 0 bridgehead atoms. The van der Waals surface area contributed by atoms with Crippen LogP contribution in [0.2, 0.25) is 0 Å². The molecule has 4 heteroatoms. The van der Waals surface area contributed by atoms with Gasteiger partial charge in [-0.2, -0.15) is 0 Å². The summed E-state index contributed by atoms with van der Waals surface area (Å²) in [4.78, 5) is 13.0. The Balaban J connectivity index is 2.19. The van der Waals surface area contributed by atoms with E-state index >= 15 is 0 Å². The quantitative estimate of drug-likeness (QED) is 0.796. The first-order valence-corrected chi connectivity index (χ1v) is 7.96. The minimum atomic E-state index is -1.35. The number of rotatable bonds is 5. The molecule has 0 saturated heterocycles. The predicted octanol–water partition coefficient (Wildman–Crippen LogP) is 3.30. The van der Waals surface area contributed by atoms with Crippen molar-refractivity contribution in [2.75, 3.05) is 12.9 Å². The van der Waals surface area contributed by atoms with E-state index in [0.29, 0.717) is 16.2 Å². The summed E-state index contributed by atoms with van der Waals surface area (Å²) in [5, 5.41) is 0. The van der Waals surface area contributed by atoms with E-state index in [1.54, 1.807) is 24.3 Å². The number of ketones is 1. The first-order valence-electron chi connectivity index (χ1n) is 6.64. The van der Waals surface area contributed by atoms with Crippen LogP contribution in [0.1, 0.15) is 21.5 Å². The fourth-order valence-electron chi connectivity index (χ4n) is 2.01. The van der Waals surface area contributed by atoms with Crippen molar-refractivity contribution in [1.29, 1.82) is 0 Å². The van der Waals surface area contributed by atoms with Crippen molar-refractivity contribution in [3.05, 3.63) is 59.2 Å². The van der Waals surface area contributed by atoms with E-state index in [1.165, 1.54) is 7.11 Å². The van der Waals surface area contributed by atoms with Gasteiger partial charge >= 0.3 is 0 Å². The Kier molecular flexibility index (Phi) is 4.91. The molecule has 0 aliphatic rings. The summed E-state index contributed by atoms with van der Waals surface area (Å²) in [7, 11) is 0.172. The summed E-state index contributed by atoms with van der Waals surface area (Å²) in [5.41, 5.74) is 2.69. The lowest BCUT2D eigenvalue weighted by molar-refractivity contribution is 0.101. The molecule has 21 heavy (non-hydrogen) atoms. The minimum absolute atomic E-state index is 0.0388. The topological polar surface area (TPSA) is 43.4 Å². The molecule has 2 aromatic rings. The summed E-state index contributed by atoms with van der Waals surface area (Å²) in [6.45, 7) is 3.97. The molecule has 0 aromatic heterocycles. The monoisotopic (exact) mass is 302 g/mol. The van der Waals surface area contributed by atoms with E-state index in [4.69, 9.17) is 4.74 Å². The lowest BCUT2D eigenvalue weighted by Crippen LogP contribution is -2.12. The maximum atomic E-state index is 12.3. The van der Waals surface area contributed by atoms with Crippen molar-refractivity contribution in [2.24, 2.45) is 0 Å². The van der Waals surface area contributed by atoms with Crippen LogP contribution in [0.4, 0.5) is 0 Å². The van der Waals surface area contributed by atoms with Crippen LogP contribution >= 0.6 is 0 Å². The highest BCUT2D eigenvalue weighted by Gasteiger charge is 2.16. The standard InChI is InChI=1S/C17H18O3S/c1-12-8-9-14(10-13(12)2)21(19)11-16(18)15-6-4-5-7-17(15)20-3/h4-10H,11H2,1-3H3. The number of methoxy groups -OCH3 is 1. The number of hydrogen-bond donors (Lipinski definition) is 0. The van der Waals surface area contributed by atoms with Gasteiger partial charge in [-0.1, -0.05) is 18.2 Å². The molecule has 0 spiro atoms. The van der Waals surface area contributed by atoms with E-state index in [0.717, 1.165) is 11.1 Å². The Hall–Kier alpha value is -1.94. The van der Waals surface area contributed by atoms with Crippen molar-refractivity contribution in [3.63, 3.8) is 0 Å². The molecule has 2 rings (SSSR count). The van der Waals surface area contributed by atoms with Gasteiger partial charge in [0.2, 0.25) is 0 Å². The van der Waals surface area contributed by atoms with Crippen LogP contribution in [-0.4, -0.2) is 22.9 Å². The SMILES string of the molecule is COc1ccccc1C(=O)CS(=O)c1ccc(C)c(C)c1. The van der Waals surface area contributed by atoms with Gasteiger partial charge < -0.3 is 4.74 Å². The molecule has 1 atom stereocenters. The van der Waals surface area contributed by atoms with Crippen LogP contribution in [-0.2, 0) is 10.8 Å². The van der Waals surface area contributed by atoms with Gasteiger partial charge in [0, 0.05) is 4.90 Å². The number of carbonyl (C=O) groups excluding carboxylic acids is 1. The average molecular weight is 302 g/mol. The van der Waals surface area contributed by atoms with Crippen LogP contribution in [0, 0.1) is 13.8 Å². The maximum absolute atomic E-state index is 12.3. The number of benzene rings is 2. The number of ether oxygens (including phenoxy) is 1. The smallest absolute Gasteiger partial charge is 0.179 e. The molecular weight excluding hydrogens is 284 g/mol. The molecule has 0 aliphatic carbocycles. The van der Waals surface area contributed by atoms with E-state index in [-0.39, 0.29) is 11.5 Å². The van der Waals surface area contributed by atoms with E-state index in [1.807, 2.05) is 32.0 Å². The summed E-state index contributed by atoms with van der Waals surface area (Å²) in [6, 6.07) is 12.6. The largest absolute Gasteiger partial charge is 0.496 e. The molecule has 0 heterocycles. The van der Waals surface area contributed by atoms with Crippen LogP contribution < -0.4 is 4.74 Å². The van der Waals surface area contributed by atoms with Gasteiger partial charge in [0.05, 0.1) is 29.2 Å². The fraction of sp³-hybridized carbons (Fsp3) is 0.235. The molecule has 1 unspecified atom stereocenters. The third-order valence-electron chi connectivity index (χ3n) is 3.41. The minimum Gasteiger partial charge on any atom is -0.496 e. The van der Waals surface area contributed by atoms with Crippen molar-refractivity contribution >= 4 is 16.6 Å². The second kappa shape index (κ2) is 6.68. The van der Waals surface area contributed by atoms with Crippen LogP contribution in [0.15, 0.2) is 47.4 Å². The molecule has 0 aliphatic heterocycles. The highest BCUT2D eigenvalue weighted by atomic mass is 32.2. The Morgan fingerprint density at radius 2 is 1.81 bits per heavy atom. The molecule has 2 aromatic carbocycles. The molecule has 0 fully saturated rings. The Bertz CT molecular complexity index is 692. The predicted molar refractivity (Wildman–Crippen MR) is 84.5 cm³/mol. The Labute approximate surface area is 127 Å². The summed E-state index contributed by atoms with van der Waals surface area (Å²) in [5.74, 6) is 0.298. The van der Waals surface area contributed by atoms with E-state index in [2.05, 4.69) is 0 Å². The van der Waals surface area contributed by atoms with Gasteiger partial charge in [-0.05, 0) is 49.2 Å². The zero-order valence-electron chi connectivity index (χ0n) is 12.4. The number of para-hydroxylation sites is 1. The second-order valence-electron chi connectivity index (χ2n) is 4.86. The van der Waals surface area contributed by atoms with Crippen molar-refractivity contribution in [2.45, 2.75) is 18.7 Å². The molecule has 0 saturated carbocycles. The van der Waals surface area contributed by atoms with Crippen LogP contribution in [0.3, 0.4) is 0 Å². The lowest BCUT2D eigenvalue weighted by atomic mass is 10.1. The fourth-order valence-corrected chi connectivity index (χ4v) is 3.10. The van der Waals surface area contributed by atoms with Gasteiger partial charge in [0.15, 0.2) is 5.78 Å². The first kappa shape index (κ1) is 15.4. The van der Waals surface area contributed by atoms with E-state index < -0.39 is 10.8 Å². The van der Waals surface area contributed by atoms with Crippen molar-refractivity contribution in [1.82, 2.24) is 0 Å². The number of hydrogen-bond acceptors (Lipinski definition) is 3. The van der Waals surface area contributed by atoms with Crippen LogP contribution in [0.25, 0.3) is 0 Å². The van der Waals surface area contributed by atoms with Crippen molar-refractivity contribution in [3.8, 4) is 5.75 Å². The highest BCUT2D eigenvalue weighted by molar-refractivity contribution is 7.85. The van der Waals surface area contributed by atoms with Gasteiger partial charge in [0.25, 0.3) is 0 Å². The highest BCUT2D eigenvalue weighted by Crippen LogP contribution is 2.20. The van der Waals surface area contributed by atoms with Gasteiger partial charge in [0.1, 0.15) is 5.75 Å². The normalized spacial score (nSPS) is 12.0. The molecule has 110 valence electrons. The number of aryl methyl sites for hydroxylation is 2. The Morgan fingerprint density at radius 1 is 1.10 bits per heavy atom. The van der Waals surface area contributed by atoms with E-state index in [9.17, 15) is 9.00 Å². The molecule has 0 N–H and O–H groups in total. The van der Waals surface area contributed by atoms with Gasteiger partial charge in [-0.3, -0.25) is 9.00 Å². The zero-order valence-corrected chi connectivity index (χ0v) is 13.2. The number of carbonyl (C=O) groups is 1. The average Bonchev–Trinajstić information content (AvgIpc) is 2.49. The zero-order chi connectivity index (χ0) is 15.4. The third kappa shape index (κ3) is 3.58. The lowest BCUT2D eigenvalue weighted by Gasteiger charge is -2.08. The molecule has 3 nitrogen and oxygen atoms in total. The van der Waals surface area contributed by atoms with Crippen LogP contribution in [0.5, 0.6) is 5.75 Å². The third-order valence-corrected chi connectivity index (χ3v) is 4.71. The molecule has 0 amide bonds. The summed E-state index contributed by atoms with van der Waals surface area (Å²) >= 11 is 0. The summed E-state index contributed by atoms with van der Waals surface area (Å²) in [6.07, 6.45) is 0. The maximum Gasteiger partial charge on any atom is 0.179 e. The molecule has 0 radical (unpaired) electrons. The van der Waals surface area contributed by atoms with Crippen molar-refractivity contribution < 1.29 is 13.7 Å². The van der Waals surface area contributed by atoms with Gasteiger partial charge in [-0.15, -0.1) is 0 Å². The summed E-state index contributed by atoms with van der Waals surface area (Å²) < 4.78 is 17.5. The van der Waals surface area contributed by atoms with Gasteiger partial charge in [-0.25, -0.2) is 0 Å². The number of Topliss-reactive ketones (excluding diaryl/α,β-unsaturated/α-hetero) is 1.